The predicted octanol–water partition coefficient (Wildman–Crippen LogP) is 5.11. The van der Waals surface area contributed by atoms with Crippen LogP contribution in [-0.2, 0) is 0 Å². The molecule has 7 heteroatoms. The molecule has 0 aliphatic carbocycles. The molecule has 33 heavy (non-hydrogen) atoms. The second-order valence-corrected chi connectivity index (χ2v) is 7.15. The average molecular weight is 446 g/mol. The third-order valence-electron chi connectivity index (χ3n) is 5.10. The zero-order chi connectivity index (χ0) is 23.4. The van der Waals surface area contributed by atoms with E-state index in [9.17, 15) is 9.18 Å². The highest BCUT2D eigenvalue weighted by Gasteiger charge is 2.15. The minimum atomic E-state index is -0.316. The van der Waals surface area contributed by atoms with E-state index < -0.39 is 0 Å². The molecular formula is C26H23FN2O4. The van der Waals surface area contributed by atoms with Crippen LogP contribution in [0.1, 0.15) is 18.3 Å². The predicted molar refractivity (Wildman–Crippen MR) is 127 cm³/mol. The topological polar surface area (TPSA) is 62.6 Å². The Labute approximate surface area is 190 Å². The van der Waals surface area contributed by atoms with Gasteiger partial charge in [0, 0.05) is 6.07 Å². The summed E-state index contributed by atoms with van der Waals surface area (Å²) in [4.78, 5) is 18.3. The number of halogens is 1. The molecule has 1 aromatic heterocycles. The molecule has 6 nitrogen and oxygen atoms in total. The van der Waals surface area contributed by atoms with Crippen molar-refractivity contribution in [2.75, 3.05) is 20.8 Å². The van der Waals surface area contributed by atoms with Crippen molar-refractivity contribution < 1.29 is 18.6 Å². The maximum Gasteiger partial charge on any atom is 0.266 e. The number of rotatable bonds is 7. The molecule has 0 radical (unpaired) electrons. The van der Waals surface area contributed by atoms with Crippen LogP contribution in [0.5, 0.6) is 17.2 Å². The average Bonchev–Trinajstić information content (AvgIpc) is 2.84. The van der Waals surface area contributed by atoms with Gasteiger partial charge in [0.1, 0.15) is 17.4 Å². The Kier molecular flexibility index (Phi) is 6.40. The quantitative estimate of drug-likeness (QED) is 0.395. The highest BCUT2D eigenvalue weighted by molar-refractivity contribution is 5.83. The van der Waals surface area contributed by atoms with E-state index in [2.05, 4.69) is 0 Å². The highest BCUT2D eigenvalue weighted by atomic mass is 19.1. The van der Waals surface area contributed by atoms with E-state index in [1.165, 1.54) is 30.9 Å². The number of methoxy groups -OCH3 is 2. The normalized spacial score (nSPS) is 11.2. The zero-order valence-electron chi connectivity index (χ0n) is 18.5. The van der Waals surface area contributed by atoms with Crippen LogP contribution in [0, 0.1) is 5.82 Å². The van der Waals surface area contributed by atoms with E-state index in [4.69, 9.17) is 19.2 Å². The van der Waals surface area contributed by atoms with Crippen molar-refractivity contribution in [1.29, 1.82) is 0 Å². The molecule has 0 saturated carbocycles. The summed E-state index contributed by atoms with van der Waals surface area (Å²) in [5, 5.41) is 0.389. The molecule has 0 saturated heterocycles. The molecule has 0 unspecified atom stereocenters. The third-order valence-corrected chi connectivity index (χ3v) is 5.10. The Balaban J connectivity index is 1.93. The summed E-state index contributed by atoms with van der Waals surface area (Å²) < 4.78 is 31.1. The van der Waals surface area contributed by atoms with Crippen LogP contribution in [0.25, 0.3) is 28.7 Å². The summed E-state index contributed by atoms with van der Waals surface area (Å²) in [6, 6.07) is 16.6. The Morgan fingerprint density at radius 1 is 0.939 bits per heavy atom. The van der Waals surface area contributed by atoms with Crippen molar-refractivity contribution >= 4 is 23.1 Å². The summed E-state index contributed by atoms with van der Waals surface area (Å²) in [6.07, 6.45) is 3.50. The molecule has 4 aromatic rings. The zero-order valence-corrected chi connectivity index (χ0v) is 18.5. The maximum absolute atomic E-state index is 13.6. The molecule has 0 N–H and O–H groups in total. The maximum atomic E-state index is 13.6. The first-order valence-electron chi connectivity index (χ1n) is 10.4. The second kappa shape index (κ2) is 9.56. The van der Waals surface area contributed by atoms with E-state index in [1.807, 2.05) is 6.92 Å². The summed E-state index contributed by atoms with van der Waals surface area (Å²) in [7, 11) is 3.04. The standard InChI is InChI=1S/C26H23FN2O4/c1-4-33-20-12-10-19(11-13-20)29-25(14-7-17-5-8-18(27)9-6-17)28-22-16-24(32-3)23(31-2)15-21(22)26(29)30/h5-16H,4H2,1-3H3. The first-order chi connectivity index (χ1) is 16.0. The van der Waals surface area contributed by atoms with Gasteiger partial charge in [-0.3, -0.25) is 9.36 Å². The summed E-state index contributed by atoms with van der Waals surface area (Å²) in [5.74, 6) is 1.72. The smallest absolute Gasteiger partial charge is 0.266 e. The molecule has 0 aliphatic heterocycles. The van der Waals surface area contributed by atoms with Crippen molar-refractivity contribution in [3.63, 3.8) is 0 Å². The largest absolute Gasteiger partial charge is 0.494 e. The fraction of sp³-hybridized carbons (Fsp3) is 0.154. The minimum absolute atomic E-state index is 0.260. The lowest BCUT2D eigenvalue weighted by molar-refractivity contribution is 0.340. The van der Waals surface area contributed by atoms with Gasteiger partial charge in [0.15, 0.2) is 11.5 Å². The van der Waals surface area contributed by atoms with Gasteiger partial charge >= 0.3 is 0 Å². The van der Waals surface area contributed by atoms with Crippen LogP contribution in [0.3, 0.4) is 0 Å². The first kappa shape index (κ1) is 22.1. The van der Waals surface area contributed by atoms with Gasteiger partial charge in [-0.15, -0.1) is 0 Å². The van der Waals surface area contributed by atoms with Gasteiger partial charge in [-0.25, -0.2) is 9.37 Å². The number of nitrogens with zero attached hydrogens (tertiary/aromatic N) is 2. The van der Waals surface area contributed by atoms with Crippen LogP contribution >= 0.6 is 0 Å². The van der Waals surface area contributed by atoms with Gasteiger partial charge in [0.2, 0.25) is 0 Å². The van der Waals surface area contributed by atoms with Crippen LogP contribution < -0.4 is 19.8 Å². The molecule has 0 amide bonds. The SMILES string of the molecule is CCOc1ccc(-n2c(C=Cc3ccc(F)cc3)nc3cc(OC)c(OC)cc3c2=O)cc1. The minimum Gasteiger partial charge on any atom is -0.494 e. The van der Waals surface area contributed by atoms with Crippen molar-refractivity contribution in [3.05, 3.63) is 88.2 Å². The molecule has 0 atom stereocenters. The van der Waals surface area contributed by atoms with E-state index in [-0.39, 0.29) is 11.4 Å². The van der Waals surface area contributed by atoms with Gasteiger partial charge in [-0.1, -0.05) is 18.2 Å². The summed E-state index contributed by atoms with van der Waals surface area (Å²) in [6.45, 7) is 2.45. The van der Waals surface area contributed by atoms with Gasteiger partial charge < -0.3 is 14.2 Å². The van der Waals surface area contributed by atoms with Crippen molar-refractivity contribution in [2.45, 2.75) is 6.92 Å². The molecule has 168 valence electrons. The monoisotopic (exact) mass is 446 g/mol. The number of benzene rings is 3. The van der Waals surface area contributed by atoms with Crippen LogP contribution in [0.4, 0.5) is 4.39 Å². The van der Waals surface area contributed by atoms with Gasteiger partial charge in [-0.05, 0) is 61.0 Å². The Morgan fingerprint density at radius 3 is 2.24 bits per heavy atom. The molecule has 0 bridgehead atoms. The first-order valence-corrected chi connectivity index (χ1v) is 10.4. The van der Waals surface area contributed by atoms with Crippen molar-refractivity contribution in [2.24, 2.45) is 0 Å². The summed E-state index contributed by atoms with van der Waals surface area (Å²) >= 11 is 0. The van der Waals surface area contributed by atoms with Crippen LogP contribution in [0.2, 0.25) is 0 Å². The van der Waals surface area contributed by atoms with E-state index in [0.717, 1.165) is 5.56 Å². The third kappa shape index (κ3) is 4.57. The molecule has 0 aliphatic rings. The molecule has 1 heterocycles. The molecule has 0 fully saturated rings. The fourth-order valence-corrected chi connectivity index (χ4v) is 3.49. The van der Waals surface area contributed by atoms with Crippen LogP contribution in [-0.4, -0.2) is 30.4 Å². The van der Waals surface area contributed by atoms with Crippen molar-refractivity contribution in [1.82, 2.24) is 9.55 Å². The number of ether oxygens (including phenoxy) is 3. The number of hydrogen-bond acceptors (Lipinski definition) is 5. The van der Waals surface area contributed by atoms with Crippen LogP contribution in [0.15, 0.2) is 65.5 Å². The van der Waals surface area contributed by atoms with E-state index in [1.54, 1.807) is 60.7 Å². The Morgan fingerprint density at radius 2 is 1.61 bits per heavy atom. The number of aromatic nitrogens is 2. The Hall–Kier alpha value is -4.13. The molecule has 0 spiro atoms. The fourth-order valence-electron chi connectivity index (χ4n) is 3.49. The lowest BCUT2D eigenvalue weighted by Gasteiger charge is -2.14. The van der Waals surface area contributed by atoms with Gasteiger partial charge in [0.25, 0.3) is 5.56 Å². The van der Waals surface area contributed by atoms with Gasteiger partial charge in [-0.2, -0.15) is 0 Å². The van der Waals surface area contributed by atoms with E-state index >= 15 is 0 Å². The number of fused-ring (bicyclic) bond motifs is 1. The highest BCUT2D eigenvalue weighted by Crippen LogP contribution is 2.30. The van der Waals surface area contributed by atoms with Gasteiger partial charge in [0.05, 0.1) is 37.4 Å². The lowest BCUT2D eigenvalue weighted by atomic mass is 10.2. The summed E-state index contributed by atoms with van der Waals surface area (Å²) in [5.41, 5.74) is 1.62. The van der Waals surface area contributed by atoms with Crippen molar-refractivity contribution in [3.8, 4) is 22.9 Å². The molecule has 3 aromatic carbocycles. The number of hydrogen-bond donors (Lipinski definition) is 0. The molecule has 4 rings (SSSR count). The lowest BCUT2D eigenvalue weighted by Crippen LogP contribution is -2.22. The molecular weight excluding hydrogens is 423 g/mol. The van der Waals surface area contributed by atoms with E-state index in [0.29, 0.717) is 46.3 Å². The Bertz CT molecular complexity index is 1360. The second-order valence-electron chi connectivity index (χ2n) is 7.15.